The molecule has 3 aliphatic heterocycles. The van der Waals surface area contributed by atoms with Gasteiger partial charge in [-0.15, -0.1) is 11.3 Å². The molecule has 9 heteroatoms. The molecule has 7 nitrogen and oxygen atoms in total. The van der Waals surface area contributed by atoms with Gasteiger partial charge in [-0.3, -0.25) is 4.79 Å². The number of hydrogen-bond acceptors (Lipinski definition) is 6. The molecule has 0 radical (unpaired) electrons. The van der Waals surface area contributed by atoms with E-state index >= 15 is 0 Å². The molecular formula is C23H28N2O5S2. The van der Waals surface area contributed by atoms with E-state index in [-0.39, 0.29) is 22.8 Å². The molecule has 0 spiro atoms. The number of benzene rings is 1. The Labute approximate surface area is 193 Å². The van der Waals surface area contributed by atoms with Crippen LogP contribution in [0.4, 0.5) is 0 Å². The Morgan fingerprint density at radius 2 is 1.75 bits per heavy atom. The number of hydrogen-bond donors (Lipinski definition) is 0. The number of ether oxygens (including phenoxy) is 2. The average Bonchev–Trinajstić information content (AvgIpc) is 3.46. The van der Waals surface area contributed by atoms with E-state index in [9.17, 15) is 13.2 Å². The molecular weight excluding hydrogens is 448 g/mol. The van der Waals surface area contributed by atoms with E-state index in [1.807, 2.05) is 11.0 Å². The van der Waals surface area contributed by atoms with E-state index in [0.29, 0.717) is 50.6 Å². The van der Waals surface area contributed by atoms with Crippen LogP contribution in [0.5, 0.6) is 11.5 Å². The summed E-state index contributed by atoms with van der Waals surface area (Å²) in [4.78, 5) is 16.7. The van der Waals surface area contributed by atoms with Crippen LogP contribution in [0.25, 0.3) is 0 Å². The van der Waals surface area contributed by atoms with Crippen molar-refractivity contribution < 1.29 is 22.7 Å². The van der Waals surface area contributed by atoms with E-state index in [2.05, 4.69) is 11.4 Å². The second-order valence-electron chi connectivity index (χ2n) is 8.54. The number of sulfonamides is 1. The molecule has 4 heterocycles. The van der Waals surface area contributed by atoms with Crippen LogP contribution in [-0.4, -0.2) is 56.4 Å². The molecule has 0 N–H and O–H groups in total. The normalized spacial score (nSPS) is 22.6. The lowest BCUT2D eigenvalue weighted by Gasteiger charge is -2.34. The third-order valence-corrected chi connectivity index (χ3v) is 9.44. The van der Waals surface area contributed by atoms with Crippen molar-refractivity contribution in [3.63, 3.8) is 0 Å². The van der Waals surface area contributed by atoms with Crippen LogP contribution in [0, 0.1) is 5.92 Å². The average molecular weight is 477 g/mol. The summed E-state index contributed by atoms with van der Waals surface area (Å²) in [5.74, 6) is 1.11. The lowest BCUT2D eigenvalue weighted by Crippen LogP contribution is -2.44. The summed E-state index contributed by atoms with van der Waals surface area (Å²) in [5.41, 5.74) is 0. The van der Waals surface area contributed by atoms with E-state index in [0.717, 1.165) is 25.8 Å². The lowest BCUT2D eigenvalue weighted by molar-refractivity contribution is -0.137. The lowest BCUT2D eigenvalue weighted by atomic mass is 9.96. The number of likely N-dealkylation sites (tertiary alicyclic amines) is 1. The number of piperidine rings is 1. The predicted molar refractivity (Wildman–Crippen MR) is 122 cm³/mol. The number of thiophene rings is 1. The van der Waals surface area contributed by atoms with Crippen LogP contribution in [-0.2, 0) is 14.8 Å². The second kappa shape index (κ2) is 9.03. The molecule has 1 aromatic carbocycles. The van der Waals surface area contributed by atoms with Gasteiger partial charge in [0.25, 0.3) is 0 Å². The molecule has 2 aromatic rings. The molecule has 1 amide bonds. The summed E-state index contributed by atoms with van der Waals surface area (Å²) < 4.78 is 39.2. The number of fused-ring (bicyclic) bond motifs is 1. The van der Waals surface area contributed by atoms with Gasteiger partial charge in [0.2, 0.25) is 15.9 Å². The van der Waals surface area contributed by atoms with Crippen LogP contribution in [0.2, 0.25) is 0 Å². The zero-order valence-corrected chi connectivity index (χ0v) is 19.6. The molecule has 1 unspecified atom stereocenters. The van der Waals surface area contributed by atoms with Crippen LogP contribution in [0.15, 0.2) is 40.6 Å². The van der Waals surface area contributed by atoms with Crippen molar-refractivity contribution in [2.75, 3.05) is 32.8 Å². The van der Waals surface area contributed by atoms with E-state index in [4.69, 9.17) is 9.47 Å². The summed E-state index contributed by atoms with van der Waals surface area (Å²) in [6, 6.07) is 9.11. The van der Waals surface area contributed by atoms with Crippen LogP contribution < -0.4 is 9.47 Å². The van der Waals surface area contributed by atoms with E-state index in [1.54, 1.807) is 29.5 Å². The van der Waals surface area contributed by atoms with E-state index < -0.39 is 10.0 Å². The topological polar surface area (TPSA) is 76.2 Å². The first-order valence-corrected chi connectivity index (χ1v) is 13.6. The molecule has 1 aromatic heterocycles. The van der Waals surface area contributed by atoms with Gasteiger partial charge in [-0.2, -0.15) is 4.31 Å². The Balaban J connectivity index is 1.25. The number of rotatable bonds is 4. The minimum absolute atomic E-state index is 0.120. The Morgan fingerprint density at radius 3 is 2.50 bits per heavy atom. The van der Waals surface area contributed by atoms with Gasteiger partial charge in [0.1, 0.15) is 0 Å². The first kappa shape index (κ1) is 21.7. The van der Waals surface area contributed by atoms with Gasteiger partial charge in [-0.25, -0.2) is 8.42 Å². The summed E-state index contributed by atoms with van der Waals surface area (Å²) in [6.07, 6.45) is 3.89. The Kier molecular flexibility index (Phi) is 6.14. The summed E-state index contributed by atoms with van der Waals surface area (Å²) >= 11 is 1.70. The van der Waals surface area contributed by atoms with Gasteiger partial charge in [0.05, 0.1) is 24.2 Å². The fourth-order valence-corrected chi connectivity index (χ4v) is 7.20. The van der Waals surface area contributed by atoms with Crippen LogP contribution in [0.3, 0.4) is 0 Å². The van der Waals surface area contributed by atoms with Gasteiger partial charge in [0.15, 0.2) is 11.5 Å². The van der Waals surface area contributed by atoms with Crippen molar-refractivity contribution in [3.05, 3.63) is 40.6 Å². The van der Waals surface area contributed by atoms with Crippen molar-refractivity contribution in [3.8, 4) is 11.5 Å². The van der Waals surface area contributed by atoms with Crippen LogP contribution in [0.1, 0.15) is 43.0 Å². The van der Waals surface area contributed by atoms with E-state index in [1.165, 1.54) is 9.18 Å². The zero-order valence-electron chi connectivity index (χ0n) is 17.9. The molecule has 1 atom stereocenters. The Hall–Kier alpha value is -2.10. The maximum atomic E-state index is 13.3. The minimum atomic E-state index is -3.65. The van der Waals surface area contributed by atoms with Crippen molar-refractivity contribution in [1.82, 2.24) is 9.21 Å². The number of carbonyl (C=O) groups excluding carboxylic acids is 1. The van der Waals surface area contributed by atoms with Gasteiger partial charge >= 0.3 is 0 Å². The summed E-state index contributed by atoms with van der Waals surface area (Å²) in [5, 5.41) is 2.05. The van der Waals surface area contributed by atoms with Gasteiger partial charge in [-0.1, -0.05) is 6.07 Å². The second-order valence-corrected chi connectivity index (χ2v) is 11.5. The highest BCUT2D eigenvalue weighted by atomic mass is 32.2. The molecule has 0 saturated carbocycles. The quantitative estimate of drug-likeness (QED) is 0.673. The Bertz CT molecular complexity index is 1060. The van der Waals surface area contributed by atoms with Crippen molar-refractivity contribution in [1.29, 1.82) is 0 Å². The van der Waals surface area contributed by atoms with Gasteiger partial charge < -0.3 is 14.4 Å². The standard InChI is InChI=1S/C23H28N2O5S2/c26-23(25-10-1-4-19(25)22-5-2-15-31-22)17-8-11-24(12-9-17)32(27,28)18-6-7-20-21(16-18)30-14-3-13-29-20/h2,5-7,15-17,19H,1,3-4,8-14H2. The Morgan fingerprint density at radius 1 is 0.969 bits per heavy atom. The highest BCUT2D eigenvalue weighted by Crippen LogP contribution is 2.37. The molecule has 0 aliphatic carbocycles. The van der Waals surface area contributed by atoms with Gasteiger partial charge in [0, 0.05) is 42.9 Å². The fourth-order valence-electron chi connectivity index (χ4n) is 4.84. The van der Waals surface area contributed by atoms with Crippen LogP contribution >= 0.6 is 11.3 Å². The van der Waals surface area contributed by atoms with Gasteiger partial charge in [-0.05, 0) is 49.3 Å². The van der Waals surface area contributed by atoms with Crippen molar-refractivity contribution in [2.24, 2.45) is 5.92 Å². The number of amides is 1. The summed E-state index contributed by atoms with van der Waals surface area (Å²) in [7, 11) is -3.65. The number of carbonyl (C=O) groups is 1. The zero-order chi connectivity index (χ0) is 22.1. The maximum absolute atomic E-state index is 13.3. The van der Waals surface area contributed by atoms with Crippen molar-refractivity contribution >= 4 is 27.3 Å². The molecule has 0 bridgehead atoms. The maximum Gasteiger partial charge on any atom is 0.243 e. The monoisotopic (exact) mass is 476 g/mol. The smallest absolute Gasteiger partial charge is 0.243 e. The fraction of sp³-hybridized carbons (Fsp3) is 0.522. The molecule has 32 heavy (non-hydrogen) atoms. The summed E-state index contributed by atoms with van der Waals surface area (Å²) in [6.45, 7) is 2.56. The predicted octanol–water partition coefficient (Wildman–Crippen LogP) is 3.67. The molecule has 2 fully saturated rings. The minimum Gasteiger partial charge on any atom is -0.490 e. The SMILES string of the molecule is O=C(C1CCN(S(=O)(=O)c2ccc3c(c2)OCCCO3)CC1)N1CCCC1c1cccs1. The third-order valence-electron chi connectivity index (χ3n) is 6.57. The first-order valence-electron chi connectivity index (χ1n) is 11.3. The highest BCUT2D eigenvalue weighted by Gasteiger charge is 2.38. The largest absolute Gasteiger partial charge is 0.490 e. The number of nitrogens with zero attached hydrogens (tertiary/aromatic N) is 2. The molecule has 2 saturated heterocycles. The molecule has 172 valence electrons. The molecule has 5 rings (SSSR count). The van der Waals surface area contributed by atoms with Crippen molar-refractivity contribution in [2.45, 2.75) is 43.0 Å². The third kappa shape index (κ3) is 4.13. The highest BCUT2D eigenvalue weighted by molar-refractivity contribution is 7.89. The first-order chi connectivity index (χ1) is 15.5. The molecule has 3 aliphatic rings.